The quantitative estimate of drug-likeness (QED) is 0.561. The lowest BCUT2D eigenvalue weighted by Gasteiger charge is -2.03. The largest absolute Gasteiger partial charge is 0.366 e. The number of thiazole rings is 1. The number of hydrogen-bond donors (Lipinski definition) is 2. The number of nitriles is 1. The number of allylic oxidation sites excluding steroid dienone is 1. The Kier molecular flexibility index (Phi) is 5.77. The number of nitrogens with one attached hydrogen (secondary N) is 1. The van der Waals surface area contributed by atoms with Gasteiger partial charge in [-0.2, -0.15) is 5.26 Å². The molecule has 0 saturated heterocycles. The van der Waals surface area contributed by atoms with Crippen LogP contribution in [0.25, 0.3) is 16.8 Å². The van der Waals surface area contributed by atoms with Gasteiger partial charge >= 0.3 is 0 Å². The minimum absolute atomic E-state index is 0.371. The van der Waals surface area contributed by atoms with E-state index in [4.69, 9.17) is 28.9 Å². The maximum Gasteiger partial charge on any atom is 0.248 e. The van der Waals surface area contributed by atoms with E-state index in [0.29, 0.717) is 37.6 Å². The molecule has 3 aromatic rings. The average Bonchev–Trinajstić information content (AvgIpc) is 3.12. The van der Waals surface area contributed by atoms with Crippen LogP contribution in [0.15, 0.2) is 54.0 Å². The van der Waals surface area contributed by atoms with Gasteiger partial charge in [-0.1, -0.05) is 23.2 Å². The molecule has 0 saturated carbocycles. The Labute approximate surface area is 169 Å². The number of hydrogen-bond acceptors (Lipinski definition) is 5. The molecule has 3 rings (SSSR count). The van der Waals surface area contributed by atoms with Gasteiger partial charge in [0.05, 0.1) is 10.7 Å². The number of carbonyl (C=O) groups excluding carboxylic acids is 1. The number of halogens is 2. The number of nitrogens with two attached hydrogens (primary N) is 1. The molecule has 3 N–H and O–H groups in total. The summed E-state index contributed by atoms with van der Waals surface area (Å²) >= 11 is 13.5. The van der Waals surface area contributed by atoms with Crippen LogP contribution in [0.2, 0.25) is 10.0 Å². The first-order valence-electron chi connectivity index (χ1n) is 7.66. The minimum Gasteiger partial charge on any atom is -0.366 e. The molecular weight excluding hydrogens is 403 g/mol. The zero-order chi connectivity index (χ0) is 19.4. The van der Waals surface area contributed by atoms with E-state index in [2.05, 4.69) is 16.4 Å². The van der Waals surface area contributed by atoms with Crippen molar-refractivity contribution in [3.05, 3.63) is 74.7 Å². The molecule has 0 unspecified atom stereocenters. The van der Waals surface area contributed by atoms with Crippen LogP contribution < -0.4 is 11.1 Å². The Morgan fingerprint density at radius 3 is 2.59 bits per heavy atom. The number of amides is 1. The molecular formula is C19H12Cl2N4OS. The average molecular weight is 415 g/mol. The number of aromatic nitrogens is 1. The summed E-state index contributed by atoms with van der Waals surface area (Å²) in [4.78, 5) is 15.6. The van der Waals surface area contributed by atoms with Gasteiger partial charge in [-0.15, -0.1) is 11.3 Å². The van der Waals surface area contributed by atoms with E-state index in [0.717, 1.165) is 5.56 Å². The van der Waals surface area contributed by atoms with Crippen molar-refractivity contribution in [3.8, 4) is 17.3 Å². The third-order valence-corrected chi connectivity index (χ3v) is 5.04. The molecule has 0 radical (unpaired) electrons. The Morgan fingerprint density at radius 2 is 1.96 bits per heavy atom. The summed E-state index contributed by atoms with van der Waals surface area (Å²) in [6.07, 6.45) is 1.56. The van der Waals surface area contributed by atoms with Gasteiger partial charge in [-0.05, 0) is 42.5 Å². The van der Waals surface area contributed by atoms with Crippen LogP contribution in [-0.2, 0) is 0 Å². The van der Waals surface area contributed by atoms with Gasteiger partial charge in [0.1, 0.15) is 16.6 Å². The Balaban J connectivity index is 1.81. The SMILES string of the molecule is N#CC(=CNc1ccc(C(N)=O)cc1)c1nc(-c2ccc(Cl)cc2Cl)cs1. The second-order valence-corrected chi connectivity index (χ2v) is 7.12. The van der Waals surface area contributed by atoms with Crippen LogP contribution in [0.5, 0.6) is 0 Å². The lowest BCUT2D eigenvalue weighted by Crippen LogP contribution is -2.10. The predicted octanol–water partition coefficient (Wildman–Crippen LogP) is 5.19. The van der Waals surface area contributed by atoms with Crippen molar-refractivity contribution in [2.24, 2.45) is 5.73 Å². The van der Waals surface area contributed by atoms with Crippen molar-refractivity contribution in [1.29, 1.82) is 5.26 Å². The van der Waals surface area contributed by atoms with Gasteiger partial charge in [-0.3, -0.25) is 4.79 Å². The van der Waals surface area contributed by atoms with Gasteiger partial charge in [-0.25, -0.2) is 4.98 Å². The van der Waals surface area contributed by atoms with Crippen LogP contribution in [0.1, 0.15) is 15.4 Å². The van der Waals surface area contributed by atoms with Gasteiger partial charge in [0.15, 0.2) is 0 Å². The minimum atomic E-state index is -0.494. The molecule has 0 aliphatic carbocycles. The number of primary amides is 1. The molecule has 8 heteroatoms. The molecule has 0 bridgehead atoms. The highest BCUT2D eigenvalue weighted by Crippen LogP contribution is 2.32. The Morgan fingerprint density at radius 1 is 1.22 bits per heavy atom. The smallest absolute Gasteiger partial charge is 0.248 e. The van der Waals surface area contributed by atoms with Crippen LogP contribution in [0.3, 0.4) is 0 Å². The highest BCUT2D eigenvalue weighted by atomic mass is 35.5. The summed E-state index contributed by atoms with van der Waals surface area (Å²) < 4.78 is 0. The van der Waals surface area contributed by atoms with Crippen LogP contribution >= 0.6 is 34.5 Å². The van der Waals surface area contributed by atoms with E-state index >= 15 is 0 Å². The molecule has 134 valence electrons. The molecule has 1 heterocycles. The number of benzene rings is 2. The molecule has 0 atom stereocenters. The van der Waals surface area contributed by atoms with Crippen molar-refractivity contribution >= 4 is 51.7 Å². The monoisotopic (exact) mass is 414 g/mol. The molecule has 0 aliphatic heterocycles. The zero-order valence-corrected chi connectivity index (χ0v) is 16.1. The zero-order valence-electron chi connectivity index (χ0n) is 13.7. The second-order valence-electron chi connectivity index (χ2n) is 5.42. The molecule has 5 nitrogen and oxygen atoms in total. The normalized spacial score (nSPS) is 11.1. The van der Waals surface area contributed by atoms with Gasteiger partial charge in [0.2, 0.25) is 5.91 Å². The second kappa shape index (κ2) is 8.23. The summed E-state index contributed by atoms with van der Waals surface area (Å²) in [7, 11) is 0. The van der Waals surface area contributed by atoms with Crippen LogP contribution in [-0.4, -0.2) is 10.9 Å². The summed E-state index contributed by atoms with van der Waals surface area (Å²) in [6, 6.07) is 13.9. The molecule has 0 aliphatic rings. The van der Waals surface area contributed by atoms with Crippen molar-refractivity contribution in [2.45, 2.75) is 0 Å². The molecule has 2 aromatic carbocycles. The van der Waals surface area contributed by atoms with E-state index in [1.165, 1.54) is 11.3 Å². The third kappa shape index (κ3) is 4.47. The Hall–Kier alpha value is -2.85. The highest BCUT2D eigenvalue weighted by Gasteiger charge is 2.11. The van der Waals surface area contributed by atoms with Crippen molar-refractivity contribution in [2.75, 3.05) is 5.32 Å². The van der Waals surface area contributed by atoms with Gasteiger partial charge in [0, 0.05) is 33.4 Å². The van der Waals surface area contributed by atoms with E-state index in [1.807, 2.05) is 5.38 Å². The number of carbonyl (C=O) groups is 1. The van der Waals surface area contributed by atoms with Gasteiger partial charge < -0.3 is 11.1 Å². The van der Waals surface area contributed by atoms with E-state index in [-0.39, 0.29) is 0 Å². The summed E-state index contributed by atoms with van der Waals surface area (Å²) in [5.74, 6) is -0.494. The van der Waals surface area contributed by atoms with Crippen LogP contribution in [0, 0.1) is 11.3 Å². The van der Waals surface area contributed by atoms with Crippen LogP contribution in [0.4, 0.5) is 5.69 Å². The topological polar surface area (TPSA) is 91.8 Å². The first-order valence-corrected chi connectivity index (χ1v) is 9.29. The number of anilines is 1. The number of nitrogens with zero attached hydrogens (tertiary/aromatic N) is 2. The fourth-order valence-electron chi connectivity index (χ4n) is 2.25. The van der Waals surface area contributed by atoms with E-state index in [9.17, 15) is 10.1 Å². The van der Waals surface area contributed by atoms with Gasteiger partial charge in [0.25, 0.3) is 0 Å². The molecule has 1 aromatic heterocycles. The number of rotatable bonds is 5. The lowest BCUT2D eigenvalue weighted by atomic mass is 10.2. The third-order valence-electron chi connectivity index (χ3n) is 3.61. The van der Waals surface area contributed by atoms with Crippen molar-refractivity contribution in [1.82, 2.24) is 4.98 Å². The maximum atomic E-state index is 11.1. The summed E-state index contributed by atoms with van der Waals surface area (Å²) in [5.41, 5.74) is 8.13. The highest BCUT2D eigenvalue weighted by molar-refractivity contribution is 7.11. The maximum absolute atomic E-state index is 11.1. The molecule has 1 amide bonds. The standard InChI is InChI=1S/C19H12Cl2N4OS/c20-13-3-6-15(16(21)7-13)17-10-27-19(25-17)12(8-22)9-24-14-4-1-11(2-5-14)18(23)26/h1-7,9-10,24H,(H2,23,26). The van der Waals surface area contributed by atoms with Crippen molar-refractivity contribution < 1.29 is 4.79 Å². The summed E-state index contributed by atoms with van der Waals surface area (Å²) in [6.45, 7) is 0. The fraction of sp³-hybridized carbons (Fsp3) is 0. The predicted molar refractivity (Wildman–Crippen MR) is 110 cm³/mol. The van der Waals surface area contributed by atoms with Crippen molar-refractivity contribution in [3.63, 3.8) is 0 Å². The molecule has 0 fully saturated rings. The Bertz CT molecular complexity index is 1070. The fourth-order valence-corrected chi connectivity index (χ4v) is 3.54. The first-order chi connectivity index (χ1) is 13.0. The first kappa shape index (κ1) is 18.9. The van der Waals surface area contributed by atoms with E-state index < -0.39 is 5.91 Å². The van der Waals surface area contributed by atoms with E-state index in [1.54, 1.807) is 48.7 Å². The lowest BCUT2D eigenvalue weighted by molar-refractivity contribution is 0.100. The molecule has 0 spiro atoms. The summed E-state index contributed by atoms with van der Waals surface area (Å²) in [5, 5.41) is 15.9. The molecule has 27 heavy (non-hydrogen) atoms.